The summed E-state index contributed by atoms with van der Waals surface area (Å²) in [5, 5.41) is 8.11. The molecule has 37 heavy (non-hydrogen) atoms. The largest absolute Gasteiger partial charge is 0.326 e. The van der Waals surface area contributed by atoms with Crippen molar-refractivity contribution >= 4 is 26.4 Å². The first kappa shape index (κ1) is 30.6. The van der Waals surface area contributed by atoms with Crippen molar-refractivity contribution < 1.29 is 4.79 Å². The molecule has 200 valence electrons. The SMILES string of the molecule is C/C=C1/N=CC(NC(C)c2cc(NC(=O)Cc3cc(C)ccn3)ccc2C)P/C1=C\CC(C)C.CCC. The third kappa shape index (κ3) is 10.3. The van der Waals surface area contributed by atoms with Gasteiger partial charge in [-0.25, -0.2) is 0 Å². The summed E-state index contributed by atoms with van der Waals surface area (Å²) in [7, 11) is 0.637. The minimum absolute atomic E-state index is 0.0618. The van der Waals surface area contributed by atoms with Crippen molar-refractivity contribution in [1.29, 1.82) is 0 Å². The Labute approximate surface area is 226 Å². The Morgan fingerprint density at radius 1 is 1.14 bits per heavy atom. The van der Waals surface area contributed by atoms with E-state index in [-0.39, 0.29) is 24.2 Å². The molecule has 0 radical (unpaired) electrons. The first-order valence-electron chi connectivity index (χ1n) is 13.4. The number of hydrogen-bond acceptors (Lipinski definition) is 4. The second-order valence-corrected chi connectivity index (χ2v) is 11.5. The van der Waals surface area contributed by atoms with Crippen LogP contribution in [-0.2, 0) is 11.2 Å². The number of anilines is 1. The van der Waals surface area contributed by atoms with Crippen LogP contribution in [0.15, 0.2) is 64.7 Å². The van der Waals surface area contributed by atoms with Gasteiger partial charge in [0.25, 0.3) is 0 Å². The van der Waals surface area contributed by atoms with Gasteiger partial charge in [0, 0.05) is 29.8 Å². The van der Waals surface area contributed by atoms with Gasteiger partial charge in [-0.2, -0.15) is 0 Å². The van der Waals surface area contributed by atoms with Gasteiger partial charge in [0.05, 0.1) is 17.9 Å². The Morgan fingerprint density at radius 2 is 1.86 bits per heavy atom. The third-order valence-corrected chi connectivity index (χ3v) is 7.19. The van der Waals surface area contributed by atoms with Gasteiger partial charge >= 0.3 is 0 Å². The van der Waals surface area contributed by atoms with Crippen LogP contribution in [0.4, 0.5) is 5.69 Å². The molecule has 2 N–H and O–H groups in total. The molecule has 5 nitrogen and oxygen atoms in total. The topological polar surface area (TPSA) is 66.4 Å². The molecule has 1 aliphatic heterocycles. The van der Waals surface area contributed by atoms with Gasteiger partial charge in [-0.1, -0.05) is 60.9 Å². The molecule has 0 aliphatic carbocycles. The molecule has 2 aromatic rings. The predicted molar refractivity (Wildman–Crippen MR) is 162 cm³/mol. The lowest BCUT2D eigenvalue weighted by atomic mass is 10.0. The number of aromatic nitrogens is 1. The Bertz CT molecular complexity index is 1120. The number of aliphatic imine (C=N–C) groups is 1. The van der Waals surface area contributed by atoms with E-state index in [0.717, 1.165) is 29.1 Å². The summed E-state index contributed by atoms with van der Waals surface area (Å²) in [6, 6.07) is 10.1. The van der Waals surface area contributed by atoms with Crippen LogP contribution in [-0.4, -0.2) is 22.9 Å². The van der Waals surface area contributed by atoms with Gasteiger partial charge < -0.3 is 5.32 Å². The summed E-state index contributed by atoms with van der Waals surface area (Å²) in [5.41, 5.74) is 6.15. The number of amides is 1. The van der Waals surface area contributed by atoms with Crippen LogP contribution in [0.1, 0.15) is 82.8 Å². The van der Waals surface area contributed by atoms with E-state index in [1.54, 1.807) is 6.20 Å². The van der Waals surface area contributed by atoms with Crippen molar-refractivity contribution in [2.45, 2.75) is 86.5 Å². The lowest BCUT2D eigenvalue weighted by Crippen LogP contribution is -2.31. The molecule has 1 aliphatic rings. The van der Waals surface area contributed by atoms with E-state index in [1.165, 1.54) is 22.9 Å². The number of allylic oxidation sites excluding steroid dienone is 3. The average molecular weight is 521 g/mol. The molecule has 0 spiro atoms. The number of aryl methyl sites for hydroxylation is 2. The van der Waals surface area contributed by atoms with Gasteiger partial charge in [0.2, 0.25) is 5.91 Å². The Hall–Kier alpha value is -2.62. The fraction of sp³-hybridized carbons (Fsp3) is 0.452. The Balaban J connectivity index is 0.00000153. The molecule has 3 unspecified atom stereocenters. The third-order valence-electron chi connectivity index (χ3n) is 5.79. The van der Waals surface area contributed by atoms with Crippen LogP contribution in [0.25, 0.3) is 0 Å². The first-order valence-corrected chi connectivity index (χ1v) is 14.5. The zero-order valence-electron chi connectivity index (χ0n) is 23.9. The zero-order chi connectivity index (χ0) is 27.4. The molecule has 2 heterocycles. The van der Waals surface area contributed by atoms with Gasteiger partial charge in [-0.15, -0.1) is 0 Å². The summed E-state index contributed by atoms with van der Waals surface area (Å²) >= 11 is 0. The highest BCUT2D eigenvalue weighted by atomic mass is 31.1. The highest BCUT2D eigenvalue weighted by molar-refractivity contribution is 7.45. The molecule has 0 saturated heterocycles. The fourth-order valence-corrected chi connectivity index (χ4v) is 5.35. The van der Waals surface area contributed by atoms with E-state index in [1.807, 2.05) is 31.3 Å². The minimum Gasteiger partial charge on any atom is -0.326 e. The Morgan fingerprint density at radius 3 is 2.51 bits per heavy atom. The molecule has 6 heteroatoms. The van der Waals surface area contributed by atoms with E-state index in [2.05, 4.69) is 88.4 Å². The molecular formula is C31H45N4OP. The second kappa shape index (κ2) is 15.6. The molecule has 0 bridgehead atoms. The Kier molecular flexibility index (Phi) is 12.9. The van der Waals surface area contributed by atoms with Gasteiger partial charge in [0.1, 0.15) is 0 Å². The van der Waals surface area contributed by atoms with Crippen LogP contribution >= 0.6 is 8.58 Å². The van der Waals surface area contributed by atoms with Crippen molar-refractivity contribution in [2.75, 3.05) is 5.32 Å². The fourth-order valence-electron chi connectivity index (χ4n) is 3.94. The zero-order valence-corrected chi connectivity index (χ0v) is 24.9. The predicted octanol–water partition coefficient (Wildman–Crippen LogP) is 7.87. The van der Waals surface area contributed by atoms with Crippen molar-refractivity contribution in [3.8, 4) is 0 Å². The normalized spacial score (nSPS) is 18.7. The maximum Gasteiger partial charge on any atom is 0.230 e. The summed E-state index contributed by atoms with van der Waals surface area (Å²) in [4.78, 5) is 21.6. The van der Waals surface area contributed by atoms with Crippen molar-refractivity contribution in [1.82, 2.24) is 10.3 Å². The lowest BCUT2D eigenvalue weighted by molar-refractivity contribution is -0.115. The van der Waals surface area contributed by atoms with E-state index in [9.17, 15) is 4.79 Å². The molecule has 3 rings (SSSR count). The van der Waals surface area contributed by atoms with Crippen LogP contribution in [0, 0.1) is 19.8 Å². The number of pyridine rings is 1. The van der Waals surface area contributed by atoms with Crippen molar-refractivity contribution in [3.63, 3.8) is 0 Å². The molecule has 3 atom stereocenters. The summed E-state index contributed by atoms with van der Waals surface area (Å²) in [6.45, 7) is 17.1. The number of hydrogen-bond donors (Lipinski definition) is 2. The van der Waals surface area contributed by atoms with Gasteiger partial charge in [-0.05, 0) is 86.3 Å². The van der Waals surface area contributed by atoms with Crippen LogP contribution in [0.5, 0.6) is 0 Å². The monoisotopic (exact) mass is 520 g/mol. The standard InChI is InChI=1S/C28H37N4OP.C3H8/c1-7-25-26(11-8-18(2)3)34-28(17-30-25)31-21(6)24-15-22(10-9-20(24)5)32-27(33)16-23-14-19(4)12-13-29-23;1-3-2/h7,9-15,17-18,21,28,31,34H,8,16H2,1-6H3,(H,32,33);3H2,1-2H3/b25-7+,26-11-;. The summed E-state index contributed by atoms with van der Waals surface area (Å²) in [5.74, 6) is 0.768. The maximum absolute atomic E-state index is 12.6. The number of carbonyl (C=O) groups is 1. The van der Waals surface area contributed by atoms with Crippen molar-refractivity contribution in [2.24, 2.45) is 10.9 Å². The van der Waals surface area contributed by atoms with E-state index in [4.69, 9.17) is 4.99 Å². The number of nitrogens with zero attached hydrogens (tertiary/aromatic N) is 2. The maximum atomic E-state index is 12.6. The van der Waals surface area contributed by atoms with Crippen LogP contribution in [0.2, 0.25) is 0 Å². The number of carbonyl (C=O) groups excluding carboxylic acids is 1. The average Bonchev–Trinajstić information content (AvgIpc) is 2.84. The highest BCUT2D eigenvalue weighted by Gasteiger charge is 2.20. The summed E-state index contributed by atoms with van der Waals surface area (Å²) < 4.78 is 0. The molecule has 1 aromatic heterocycles. The van der Waals surface area contributed by atoms with Crippen LogP contribution in [0.3, 0.4) is 0 Å². The smallest absolute Gasteiger partial charge is 0.230 e. The molecular weight excluding hydrogens is 475 g/mol. The molecule has 0 fully saturated rings. The molecule has 1 aromatic carbocycles. The lowest BCUT2D eigenvalue weighted by Gasteiger charge is -2.26. The number of rotatable bonds is 8. The quantitative estimate of drug-likeness (QED) is 0.348. The van der Waals surface area contributed by atoms with Gasteiger partial charge in [-0.3, -0.25) is 20.1 Å². The minimum atomic E-state index is -0.0618. The number of benzene rings is 1. The van der Waals surface area contributed by atoms with Crippen LogP contribution < -0.4 is 10.6 Å². The van der Waals surface area contributed by atoms with E-state index >= 15 is 0 Å². The van der Waals surface area contributed by atoms with E-state index < -0.39 is 0 Å². The number of nitrogens with one attached hydrogen (secondary N) is 2. The molecule has 1 amide bonds. The molecule has 0 saturated carbocycles. The second-order valence-electron chi connectivity index (χ2n) is 10.0. The summed E-state index contributed by atoms with van der Waals surface area (Å²) in [6.07, 6.45) is 10.8. The van der Waals surface area contributed by atoms with Crippen molar-refractivity contribution in [3.05, 3.63) is 82.1 Å². The highest BCUT2D eigenvalue weighted by Crippen LogP contribution is 2.39. The van der Waals surface area contributed by atoms with Gasteiger partial charge in [0.15, 0.2) is 0 Å². The first-order chi connectivity index (χ1) is 17.7. The van der Waals surface area contributed by atoms with E-state index in [0.29, 0.717) is 14.5 Å².